The first-order valence-electron chi connectivity index (χ1n) is 13.2. The Kier molecular flexibility index (Phi) is 5.07. The lowest BCUT2D eigenvalue weighted by molar-refractivity contribution is 1.34. The van der Waals surface area contributed by atoms with E-state index in [-0.39, 0.29) is 0 Å². The number of hydrogen-bond donors (Lipinski definition) is 0. The molecule has 0 bridgehead atoms. The lowest BCUT2D eigenvalue weighted by Gasteiger charge is -2.17. The molecule has 8 rings (SSSR count). The Bertz CT molecular complexity index is 2100. The number of aromatic nitrogens is 1. The third-order valence-electron chi connectivity index (χ3n) is 7.73. The standard InChI is InChI=1S/C37H23NS/c1-2-11-24(12-3-1)35-28-14-4-6-16-30(28)36(31-17-7-5-15-29(31)35)33-22-21-25(23-38-33)26-18-10-19-32-27-13-8-9-20-34(27)39-37(26)32/h1-23H. The molecule has 39 heavy (non-hydrogen) atoms. The van der Waals surface area contributed by atoms with Gasteiger partial charge in [0, 0.05) is 43.1 Å². The minimum atomic E-state index is 0.995. The van der Waals surface area contributed by atoms with Crippen molar-refractivity contribution >= 4 is 53.1 Å². The van der Waals surface area contributed by atoms with Crippen LogP contribution in [0.25, 0.3) is 75.2 Å². The maximum atomic E-state index is 5.09. The number of benzene rings is 6. The van der Waals surface area contributed by atoms with E-state index >= 15 is 0 Å². The molecule has 2 heteroatoms. The van der Waals surface area contributed by atoms with E-state index in [0.717, 1.165) is 11.3 Å². The summed E-state index contributed by atoms with van der Waals surface area (Å²) in [5.74, 6) is 0. The van der Waals surface area contributed by atoms with Crippen molar-refractivity contribution in [3.8, 4) is 33.5 Å². The van der Waals surface area contributed by atoms with Gasteiger partial charge in [0.25, 0.3) is 0 Å². The largest absolute Gasteiger partial charge is 0.256 e. The molecule has 0 N–H and O–H groups in total. The third-order valence-corrected chi connectivity index (χ3v) is 8.95. The number of thiophene rings is 1. The average Bonchev–Trinajstić information content (AvgIpc) is 3.39. The maximum Gasteiger partial charge on any atom is 0.0714 e. The summed E-state index contributed by atoms with van der Waals surface area (Å²) in [6.45, 7) is 0. The molecule has 0 amide bonds. The van der Waals surface area contributed by atoms with Crippen molar-refractivity contribution in [2.75, 3.05) is 0 Å². The van der Waals surface area contributed by atoms with Crippen LogP contribution in [0.2, 0.25) is 0 Å². The SMILES string of the molecule is c1ccc(-c2c3ccccc3c(-c3ccc(-c4cccc5c4sc4ccccc45)cn3)c3ccccc23)cc1. The number of nitrogens with zero attached hydrogens (tertiary/aromatic N) is 1. The topological polar surface area (TPSA) is 12.9 Å². The van der Waals surface area contributed by atoms with E-state index in [4.69, 9.17) is 4.98 Å². The fraction of sp³-hybridized carbons (Fsp3) is 0. The molecule has 6 aromatic carbocycles. The summed E-state index contributed by atoms with van der Waals surface area (Å²) < 4.78 is 2.64. The van der Waals surface area contributed by atoms with Crippen LogP contribution >= 0.6 is 11.3 Å². The highest BCUT2D eigenvalue weighted by Crippen LogP contribution is 2.44. The molecule has 0 saturated heterocycles. The summed E-state index contributed by atoms with van der Waals surface area (Å²) >= 11 is 1.86. The van der Waals surface area contributed by atoms with Gasteiger partial charge in [0.15, 0.2) is 0 Å². The second-order valence-corrected chi connectivity index (χ2v) is 11.0. The first-order chi connectivity index (χ1) is 19.4. The molecule has 0 fully saturated rings. The zero-order valence-electron chi connectivity index (χ0n) is 21.1. The van der Waals surface area contributed by atoms with Crippen molar-refractivity contribution in [3.05, 3.63) is 140 Å². The van der Waals surface area contributed by atoms with Gasteiger partial charge in [-0.05, 0) is 44.8 Å². The predicted molar refractivity (Wildman–Crippen MR) is 168 cm³/mol. The Morgan fingerprint density at radius 2 is 1.00 bits per heavy atom. The van der Waals surface area contributed by atoms with E-state index in [1.165, 1.54) is 64.0 Å². The lowest BCUT2D eigenvalue weighted by Crippen LogP contribution is -1.92. The van der Waals surface area contributed by atoms with Crippen molar-refractivity contribution in [2.45, 2.75) is 0 Å². The third kappa shape index (κ3) is 3.49. The molecule has 2 heterocycles. The van der Waals surface area contributed by atoms with Crippen LogP contribution in [0.4, 0.5) is 0 Å². The average molecular weight is 514 g/mol. The fourth-order valence-corrected chi connectivity index (χ4v) is 7.23. The molecule has 1 nitrogen and oxygen atoms in total. The van der Waals surface area contributed by atoms with Crippen molar-refractivity contribution in [1.29, 1.82) is 0 Å². The minimum absolute atomic E-state index is 0.995. The number of hydrogen-bond acceptors (Lipinski definition) is 2. The van der Waals surface area contributed by atoms with E-state index in [1.54, 1.807) is 0 Å². The second-order valence-electron chi connectivity index (χ2n) is 9.92. The van der Waals surface area contributed by atoms with Crippen LogP contribution in [0.5, 0.6) is 0 Å². The Labute approximate surface area is 230 Å². The van der Waals surface area contributed by atoms with Crippen molar-refractivity contribution in [3.63, 3.8) is 0 Å². The van der Waals surface area contributed by atoms with Crippen molar-refractivity contribution in [1.82, 2.24) is 4.98 Å². The lowest BCUT2D eigenvalue weighted by atomic mass is 9.87. The van der Waals surface area contributed by atoms with E-state index in [9.17, 15) is 0 Å². The highest BCUT2D eigenvalue weighted by molar-refractivity contribution is 7.26. The van der Waals surface area contributed by atoms with Gasteiger partial charge < -0.3 is 0 Å². The van der Waals surface area contributed by atoms with Crippen LogP contribution in [0.1, 0.15) is 0 Å². The number of pyridine rings is 1. The minimum Gasteiger partial charge on any atom is -0.256 e. The molecular weight excluding hydrogens is 490 g/mol. The van der Waals surface area contributed by atoms with E-state index < -0.39 is 0 Å². The van der Waals surface area contributed by atoms with Gasteiger partial charge in [0.05, 0.1) is 5.69 Å². The Hall–Kier alpha value is -4.79. The van der Waals surface area contributed by atoms with Crippen LogP contribution in [0.15, 0.2) is 140 Å². The first-order valence-corrected chi connectivity index (χ1v) is 14.0. The van der Waals surface area contributed by atoms with E-state index in [1.807, 2.05) is 17.5 Å². The highest BCUT2D eigenvalue weighted by atomic mass is 32.1. The zero-order chi connectivity index (χ0) is 25.8. The van der Waals surface area contributed by atoms with Crippen LogP contribution < -0.4 is 0 Å². The van der Waals surface area contributed by atoms with Gasteiger partial charge in [-0.3, -0.25) is 4.98 Å². The molecule has 0 aliphatic rings. The van der Waals surface area contributed by atoms with Gasteiger partial charge in [-0.15, -0.1) is 11.3 Å². The summed E-state index contributed by atoms with van der Waals surface area (Å²) in [6, 6.07) is 47.9. The Balaban J connectivity index is 1.35. The monoisotopic (exact) mass is 513 g/mol. The molecule has 0 saturated carbocycles. The molecule has 2 aromatic heterocycles. The van der Waals surface area contributed by atoms with Crippen LogP contribution in [0.3, 0.4) is 0 Å². The summed E-state index contributed by atoms with van der Waals surface area (Å²) in [5, 5.41) is 7.58. The normalized spacial score (nSPS) is 11.6. The van der Waals surface area contributed by atoms with Gasteiger partial charge in [-0.25, -0.2) is 0 Å². The highest BCUT2D eigenvalue weighted by Gasteiger charge is 2.17. The maximum absolute atomic E-state index is 5.09. The van der Waals surface area contributed by atoms with Gasteiger partial charge in [-0.2, -0.15) is 0 Å². The first kappa shape index (κ1) is 22.2. The molecular formula is C37H23NS. The van der Waals surface area contributed by atoms with Gasteiger partial charge >= 0.3 is 0 Å². The summed E-state index contributed by atoms with van der Waals surface area (Å²) in [7, 11) is 0. The van der Waals surface area contributed by atoms with Crippen molar-refractivity contribution in [2.24, 2.45) is 0 Å². The Morgan fingerprint density at radius 1 is 0.410 bits per heavy atom. The molecule has 182 valence electrons. The summed E-state index contributed by atoms with van der Waals surface area (Å²) in [4.78, 5) is 5.09. The quantitative estimate of drug-likeness (QED) is 0.214. The van der Waals surface area contributed by atoms with Gasteiger partial charge in [0.2, 0.25) is 0 Å². The molecule has 8 aromatic rings. The van der Waals surface area contributed by atoms with Crippen molar-refractivity contribution < 1.29 is 0 Å². The predicted octanol–water partition coefficient (Wildman–Crippen LogP) is 10.8. The number of fused-ring (bicyclic) bond motifs is 5. The number of rotatable bonds is 3. The van der Waals surface area contributed by atoms with Gasteiger partial charge in [0.1, 0.15) is 0 Å². The summed E-state index contributed by atoms with van der Waals surface area (Å²) in [6.07, 6.45) is 2.04. The molecule has 0 atom stereocenters. The van der Waals surface area contributed by atoms with E-state index in [0.29, 0.717) is 0 Å². The van der Waals surface area contributed by atoms with Crippen LogP contribution in [-0.2, 0) is 0 Å². The molecule has 0 aliphatic carbocycles. The molecule has 0 radical (unpaired) electrons. The summed E-state index contributed by atoms with van der Waals surface area (Å²) in [5.41, 5.74) is 7.07. The van der Waals surface area contributed by atoms with Crippen LogP contribution in [-0.4, -0.2) is 4.98 Å². The zero-order valence-corrected chi connectivity index (χ0v) is 22.0. The molecule has 0 unspecified atom stereocenters. The molecule has 0 spiro atoms. The second kappa shape index (κ2) is 8.90. The Morgan fingerprint density at radius 3 is 1.67 bits per heavy atom. The van der Waals surface area contributed by atoms with Crippen LogP contribution in [0, 0.1) is 0 Å². The fourth-order valence-electron chi connectivity index (χ4n) is 6.00. The van der Waals surface area contributed by atoms with Gasteiger partial charge in [-0.1, -0.05) is 121 Å². The van der Waals surface area contributed by atoms with E-state index in [2.05, 4.69) is 133 Å². The molecule has 0 aliphatic heterocycles. The smallest absolute Gasteiger partial charge is 0.0714 e.